The van der Waals surface area contributed by atoms with E-state index in [1.807, 2.05) is 0 Å². The second-order valence-corrected chi connectivity index (χ2v) is 8.01. The molecule has 3 rings (SSSR count). The maximum absolute atomic E-state index is 11.7. The summed E-state index contributed by atoms with van der Waals surface area (Å²) in [5.74, 6) is -1.42. The number of carboxylic acid groups (broad SMARTS) is 1. The summed E-state index contributed by atoms with van der Waals surface area (Å²) in [6, 6.07) is 1.61. The van der Waals surface area contributed by atoms with Crippen LogP contribution in [0.5, 0.6) is 11.5 Å². The van der Waals surface area contributed by atoms with Gasteiger partial charge in [-0.1, -0.05) is 0 Å². The van der Waals surface area contributed by atoms with Crippen LogP contribution in [0.3, 0.4) is 0 Å². The maximum atomic E-state index is 11.7. The van der Waals surface area contributed by atoms with Crippen molar-refractivity contribution in [3.8, 4) is 11.5 Å². The van der Waals surface area contributed by atoms with E-state index in [9.17, 15) is 24.9 Å². The number of thioether (sulfide) groups is 1. The number of nitrogens with zero attached hydrogens (tertiary/aromatic N) is 1. The number of carbonyl (C=O) groups excluding carboxylic acids is 1. The summed E-state index contributed by atoms with van der Waals surface area (Å²) in [7, 11) is 0. The predicted octanol–water partition coefficient (Wildman–Crippen LogP) is 2.81. The molecule has 0 unspecified atom stereocenters. The standard InChI is InChI=1S/C14H11Br2NO5S/c15-7-2-5(10(16)13(20)12(7)19)1-6-4-23-9-3-8(18)17(9)11(6)14(21)22/h2,9,19-20H,1,3-4H2,(H,21,22)/t9-/m1/s1. The first-order valence-electron chi connectivity index (χ1n) is 6.59. The van der Waals surface area contributed by atoms with Gasteiger partial charge >= 0.3 is 5.97 Å². The van der Waals surface area contributed by atoms with Gasteiger partial charge in [-0.05, 0) is 55.5 Å². The maximum Gasteiger partial charge on any atom is 0.352 e. The van der Waals surface area contributed by atoms with Gasteiger partial charge in [-0.2, -0.15) is 0 Å². The molecule has 1 aromatic carbocycles. The number of hydrogen-bond acceptors (Lipinski definition) is 5. The van der Waals surface area contributed by atoms with Crippen molar-refractivity contribution < 1.29 is 24.9 Å². The molecule has 0 aromatic heterocycles. The minimum Gasteiger partial charge on any atom is -0.503 e. The van der Waals surface area contributed by atoms with Gasteiger partial charge in [0.1, 0.15) is 5.70 Å². The number of aromatic hydroxyl groups is 2. The molecule has 1 fully saturated rings. The number of phenolic OH excluding ortho intramolecular Hbond substituents is 2. The molecule has 122 valence electrons. The van der Waals surface area contributed by atoms with Gasteiger partial charge in [-0.25, -0.2) is 4.79 Å². The molecule has 2 aliphatic rings. The lowest BCUT2D eigenvalue weighted by Gasteiger charge is -2.44. The fourth-order valence-electron chi connectivity index (χ4n) is 2.63. The summed E-state index contributed by atoms with van der Waals surface area (Å²) in [6.45, 7) is 0. The third kappa shape index (κ3) is 2.74. The minimum atomic E-state index is -1.13. The molecular formula is C14H11Br2NO5S. The molecular weight excluding hydrogens is 454 g/mol. The van der Waals surface area contributed by atoms with Crippen LogP contribution in [0.4, 0.5) is 0 Å². The number of fused-ring (bicyclic) bond motifs is 1. The third-order valence-corrected chi connectivity index (χ3v) is 6.55. The Kier molecular flexibility index (Phi) is 4.37. The molecule has 1 saturated heterocycles. The van der Waals surface area contributed by atoms with E-state index >= 15 is 0 Å². The fraction of sp³-hybridized carbons (Fsp3) is 0.286. The SMILES string of the molecule is O=C(O)C1=C(Cc2cc(Br)c(O)c(O)c2Br)CS[C@@H]2CC(=O)N12. The number of benzene rings is 1. The van der Waals surface area contributed by atoms with Crippen molar-refractivity contribution in [2.75, 3.05) is 5.75 Å². The van der Waals surface area contributed by atoms with Crippen molar-refractivity contribution in [1.29, 1.82) is 0 Å². The largest absolute Gasteiger partial charge is 0.503 e. The minimum absolute atomic E-state index is 0.0283. The lowest BCUT2D eigenvalue weighted by Crippen LogP contribution is -2.54. The number of carbonyl (C=O) groups is 2. The van der Waals surface area contributed by atoms with Gasteiger partial charge in [0.05, 0.1) is 20.7 Å². The van der Waals surface area contributed by atoms with E-state index in [4.69, 9.17) is 0 Å². The summed E-state index contributed by atoms with van der Waals surface area (Å²) in [4.78, 5) is 24.6. The fourth-order valence-corrected chi connectivity index (χ4v) is 4.80. The second kappa shape index (κ2) is 6.03. The molecule has 6 nitrogen and oxygen atoms in total. The van der Waals surface area contributed by atoms with Crippen molar-refractivity contribution in [2.45, 2.75) is 18.2 Å². The Labute approximate surface area is 152 Å². The third-order valence-electron chi connectivity index (χ3n) is 3.78. The number of amides is 1. The number of β-lactam (4-membered cyclic amide) rings is 1. The molecule has 1 amide bonds. The van der Waals surface area contributed by atoms with Crippen LogP contribution in [0.25, 0.3) is 0 Å². The van der Waals surface area contributed by atoms with E-state index in [-0.39, 0.29) is 34.9 Å². The van der Waals surface area contributed by atoms with Crippen LogP contribution in [-0.2, 0) is 16.0 Å². The molecule has 0 aliphatic carbocycles. The Morgan fingerprint density at radius 1 is 1.35 bits per heavy atom. The molecule has 0 spiro atoms. The van der Waals surface area contributed by atoms with E-state index in [2.05, 4.69) is 31.9 Å². The number of halogens is 2. The van der Waals surface area contributed by atoms with Crippen molar-refractivity contribution in [1.82, 2.24) is 4.90 Å². The Morgan fingerprint density at radius 3 is 2.65 bits per heavy atom. The Hall–Kier alpha value is -1.19. The van der Waals surface area contributed by atoms with Gasteiger partial charge in [0.25, 0.3) is 0 Å². The predicted molar refractivity (Wildman–Crippen MR) is 91.2 cm³/mol. The molecule has 23 heavy (non-hydrogen) atoms. The van der Waals surface area contributed by atoms with Gasteiger partial charge in [0, 0.05) is 5.75 Å². The summed E-state index contributed by atoms with van der Waals surface area (Å²) in [6.07, 6.45) is 0.613. The van der Waals surface area contributed by atoms with Crippen molar-refractivity contribution in [2.24, 2.45) is 0 Å². The van der Waals surface area contributed by atoms with Gasteiger partial charge < -0.3 is 15.3 Å². The summed E-state index contributed by atoms with van der Waals surface area (Å²) < 4.78 is 0.615. The number of carboxylic acids is 1. The van der Waals surface area contributed by atoms with E-state index in [1.54, 1.807) is 6.07 Å². The van der Waals surface area contributed by atoms with Crippen molar-refractivity contribution in [3.63, 3.8) is 0 Å². The van der Waals surface area contributed by atoms with Gasteiger partial charge in [0.15, 0.2) is 11.5 Å². The lowest BCUT2D eigenvalue weighted by molar-refractivity contribution is -0.146. The molecule has 2 aliphatic heterocycles. The zero-order valence-corrected chi connectivity index (χ0v) is 15.5. The van der Waals surface area contributed by atoms with E-state index in [0.717, 1.165) is 0 Å². The van der Waals surface area contributed by atoms with Crippen molar-refractivity contribution >= 4 is 55.5 Å². The summed E-state index contributed by atoms with van der Waals surface area (Å²) in [5.41, 5.74) is 1.25. The Balaban J connectivity index is 2.03. The normalized spacial score (nSPS) is 20.3. The molecule has 0 saturated carbocycles. The molecule has 9 heteroatoms. The van der Waals surface area contributed by atoms with Crippen LogP contribution in [0.15, 0.2) is 26.3 Å². The monoisotopic (exact) mass is 463 g/mol. The average Bonchev–Trinajstić information content (AvgIpc) is 2.50. The first-order valence-corrected chi connectivity index (χ1v) is 9.22. The summed E-state index contributed by atoms with van der Waals surface area (Å²) in [5, 5.41) is 29.0. The molecule has 0 radical (unpaired) electrons. The van der Waals surface area contributed by atoms with Crippen LogP contribution in [0.2, 0.25) is 0 Å². The lowest BCUT2D eigenvalue weighted by atomic mass is 10.0. The zero-order valence-electron chi connectivity index (χ0n) is 11.5. The van der Waals surface area contributed by atoms with Crippen molar-refractivity contribution in [3.05, 3.63) is 31.8 Å². The van der Waals surface area contributed by atoms with Gasteiger partial charge in [-0.3, -0.25) is 9.69 Å². The van der Waals surface area contributed by atoms with Crippen LogP contribution in [-0.4, -0.2) is 43.2 Å². The first-order chi connectivity index (χ1) is 10.8. The highest BCUT2D eigenvalue weighted by Gasteiger charge is 2.45. The smallest absolute Gasteiger partial charge is 0.352 e. The Bertz CT molecular complexity index is 764. The number of phenols is 2. The van der Waals surface area contributed by atoms with Gasteiger partial charge in [0.2, 0.25) is 5.91 Å². The highest BCUT2D eigenvalue weighted by Crippen LogP contribution is 2.45. The van der Waals surface area contributed by atoms with Crippen LogP contribution < -0.4 is 0 Å². The first kappa shape index (κ1) is 16.7. The highest BCUT2D eigenvalue weighted by atomic mass is 79.9. The van der Waals surface area contributed by atoms with Crippen LogP contribution >= 0.6 is 43.6 Å². The molecule has 1 atom stereocenters. The summed E-state index contributed by atoms with van der Waals surface area (Å²) >= 11 is 7.89. The Morgan fingerprint density at radius 2 is 2.04 bits per heavy atom. The van der Waals surface area contributed by atoms with Crippen LogP contribution in [0.1, 0.15) is 12.0 Å². The van der Waals surface area contributed by atoms with E-state index < -0.39 is 5.97 Å². The molecule has 2 heterocycles. The van der Waals surface area contributed by atoms with Gasteiger partial charge in [-0.15, -0.1) is 11.8 Å². The van der Waals surface area contributed by atoms with E-state index in [1.165, 1.54) is 16.7 Å². The molecule has 3 N–H and O–H groups in total. The topological polar surface area (TPSA) is 98.1 Å². The zero-order chi connectivity index (χ0) is 16.9. The second-order valence-electron chi connectivity index (χ2n) is 5.20. The van der Waals surface area contributed by atoms with E-state index in [0.29, 0.717) is 32.3 Å². The quantitative estimate of drug-likeness (QED) is 0.470. The molecule has 1 aromatic rings. The average molecular weight is 465 g/mol. The van der Waals surface area contributed by atoms with Crippen LogP contribution in [0, 0.1) is 0 Å². The number of rotatable bonds is 3. The highest BCUT2D eigenvalue weighted by molar-refractivity contribution is 9.11. The molecule has 0 bridgehead atoms. The number of aliphatic carboxylic acids is 1. The number of hydrogen-bond donors (Lipinski definition) is 3.